The van der Waals surface area contributed by atoms with E-state index in [1.807, 2.05) is 0 Å². The molecule has 0 aliphatic heterocycles. The lowest BCUT2D eigenvalue weighted by Gasteiger charge is -2.60. The van der Waals surface area contributed by atoms with Crippen molar-refractivity contribution >= 4 is 0 Å². The van der Waals surface area contributed by atoms with E-state index < -0.39 is 0 Å². The maximum atomic E-state index is 2.86. The van der Waals surface area contributed by atoms with Gasteiger partial charge in [-0.2, -0.15) is 0 Å². The normalized spacial score (nSPS) is 51.8. The molecule has 0 radical (unpaired) electrons. The maximum Gasteiger partial charge on any atom is -0.0227 e. The third-order valence-electron chi connectivity index (χ3n) is 20.3. The van der Waals surface area contributed by atoms with Crippen LogP contribution in [0.3, 0.4) is 0 Å². The third-order valence-corrected chi connectivity index (χ3v) is 20.3. The van der Waals surface area contributed by atoms with Gasteiger partial charge >= 0.3 is 0 Å². The Morgan fingerprint density at radius 2 is 0.978 bits per heavy atom. The van der Waals surface area contributed by atoms with Crippen molar-refractivity contribution in [3.63, 3.8) is 0 Å². The van der Waals surface area contributed by atoms with E-state index in [0.717, 1.165) is 88.8 Å². The van der Waals surface area contributed by atoms with E-state index >= 15 is 0 Å². The highest BCUT2D eigenvalue weighted by molar-refractivity contribution is 5.19. The van der Waals surface area contributed by atoms with E-state index in [2.05, 4.69) is 48.5 Å². The minimum absolute atomic E-state index is 0.530. The van der Waals surface area contributed by atoms with E-state index in [1.165, 1.54) is 25.7 Å². The summed E-state index contributed by atoms with van der Waals surface area (Å²) in [6, 6.07) is 0. The van der Waals surface area contributed by atoms with Crippen molar-refractivity contribution in [2.24, 2.45) is 105 Å². The maximum absolute atomic E-state index is 2.86. The molecule has 0 amide bonds. The zero-order valence-corrected chi connectivity index (χ0v) is 32.0. The molecule has 15 atom stereocenters. The van der Waals surface area contributed by atoms with Gasteiger partial charge in [-0.3, -0.25) is 0 Å². The summed E-state index contributed by atoms with van der Waals surface area (Å²) in [6.07, 6.45) is 32.9. The molecule has 0 aromatic carbocycles. The average molecular weight is 631 g/mol. The quantitative estimate of drug-likeness (QED) is 0.274. The van der Waals surface area contributed by atoms with E-state index in [1.54, 1.807) is 109 Å². The van der Waals surface area contributed by atoms with E-state index in [0.29, 0.717) is 16.2 Å². The molecule has 46 heavy (non-hydrogen) atoms. The van der Waals surface area contributed by atoms with Crippen LogP contribution in [0, 0.1) is 105 Å². The molecule has 0 N–H and O–H groups in total. The summed E-state index contributed by atoms with van der Waals surface area (Å²) in [6.45, 7) is 18.7. The van der Waals surface area contributed by atoms with Gasteiger partial charge in [-0.25, -0.2) is 0 Å². The largest absolute Gasteiger partial charge is 0.0649 e. The average Bonchev–Trinajstić information content (AvgIpc) is 3.56. The molecule has 262 valence electrons. The molecule has 8 aliphatic carbocycles. The van der Waals surface area contributed by atoms with Crippen molar-refractivity contribution in [2.45, 2.75) is 183 Å². The van der Waals surface area contributed by atoms with Gasteiger partial charge in [-0.15, -0.1) is 0 Å². The molecule has 8 saturated carbocycles. The Kier molecular flexibility index (Phi) is 8.90. The molecule has 0 bridgehead atoms. The second-order valence-corrected chi connectivity index (χ2v) is 21.1. The fourth-order valence-electron chi connectivity index (χ4n) is 17.3. The SMILES string of the molecule is CCC(C)(CC)C1CC(C(C)(CC)CC)CC2(C1)C1CC3CCCCC3CC1C1C3C(CC(C)C12)CC1CC2CCCCC2CC13. The highest BCUT2D eigenvalue weighted by atomic mass is 14.7. The Morgan fingerprint density at radius 3 is 1.52 bits per heavy atom. The van der Waals surface area contributed by atoms with Gasteiger partial charge in [-0.05, 0) is 163 Å². The number of hydrogen-bond acceptors (Lipinski definition) is 0. The summed E-state index contributed by atoms with van der Waals surface area (Å²) in [4.78, 5) is 0. The molecular weight excluding hydrogens is 553 g/mol. The predicted molar refractivity (Wildman–Crippen MR) is 196 cm³/mol. The Balaban J connectivity index is 1.23. The van der Waals surface area contributed by atoms with Crippen LogP contribution in [-0.2, 0) is 0 Å². The smallest absolute Gasteiger partial charge is 0.0227 e. The number of rotatable bonds is 6. The van der Waals surface area contributed by atoms with Gasteiger partial charge in [0, 0.05) is 0 Å². The summed E-state index contributed by atoms with van der Waals surface area (Å²) in [7, 11) is 0. The lowest BCUT2D eigenvalue weighted by Crippen LogP contribution is -2.52. The zero-order chi connectivity index (χ0) is 32.0. The molecule has 0 nitrogen and oxygen atoms in total. The standard InChI is InChI=1S/C46H78/c1-8-44(6,9-2)36-26-37(45(7,10-3)11-4)28-46(27-36)40-25-33-19-15-14-18-32(33)24-39(40)42-41-35(20-29(5)43(42)46)22-34-21-30-16-12-13-17-31(30)23-38(34)41/h29-43H,8-28H2,1-7H3. The van der Waals surface area contributed by atoms with Crippen molar-refractivity contribution in [1.29, 1.82) is 0 Å². The van der Waals surface area contributed by atoms with Crippen LogP contribution in [0.4, 0.5) is 0 Å². The molecule has 0 heteroatoms. The minimum Gasteiger partial charge on any atom is -0.0649 e. The van der Waals surface area contributed by atoms with Gasteiger partial charge in [0.1, 0.15) is 0 Å². The van der Waals surface area contributed by atoms with Gasteiger partial charge in [0.25, 0.3) is 0 Å². The zero-order valence-electron chi connectivity index (χ0n) is 32.0. The highest BCUT2D eigenvalue weighted by Crippen LogP contribution is 2.77. The highest BCUT2D eigenvalue weighted by Gasteiger charge is 2.70. The van der Waals surface area contributed by atoms with Crippen LogP contribution >= 0.6 is 0 Å². The molecule has 1 spiro atoms. The summed E-state index contributed by atoms with van der Waals surface area (Å²) >= 11 is 0. The third kappa shape index (κ3) is 4.97. The van der Waals surface area contributed by atoms with Crippen LogP contribution in [-0.4, -0.2) is 0 Å². The van der Waals surface area contributed by atoms with Gasteiger partial charge < -0.3 is 0 Å². The molecule has 8 aliphatic rings. The Hall–Kier alpha value is 0. The van der Waals surface area contributed by atoms with E-state index in [-0.39, 0.29) is 0 Å². The molecule has 8 rings (SSSR count). The molecule has 0 aromatic rings. The van der Waals surface area contributed by atoms with Crippen molar-refractivity contribution in [3.8, 4) is 0 Å². The Morgan fingerprint density at radius 1 is 0.500 bits per heavy atom. The van der Waals surface area contributed by atoms with Crippen molar-refractivity contribution in [3.05, 3.63) is 0 Å². The molecule has 0 saturated heterocycles. The van der Waals surface area contributed by atoms with Crippen molar-refractivity contribution in [1.82, 2.24) is 0 Å². The second-order valence-electron chi connectivity index (χ2n) is 21.1. The monoisotopic (exact) mass is 631 g/mol. The predicted octanol–water partition coefficient (Wildman–Crippen LogP) is 13.6. The molecule has 0 heterocycles. The lowest BCUT2D eigenvalue weighted by molar-refractivity contribution is -0.106. The fourth-order valence-corrected chi connectivity index (χ4v) is 17.3. The Bertz CT molecular complexity index is 1030. The molecule has 0 aromatic heterocycles. The second kappa shape index (κ2) is 12.3. The topological polar surface area (TPSA) is 0 Å². The van der Waals surface area contributed by atoms with Crippen LogP contribution in [0.25, 0.3) is 0 Å². The van der Waals surface area contributed by atoms with Crippen LogP contribution in [0.1, 0.15) is 183 Å². The first kappa shape index (κ1) is 33.2. The van der Waals surface area contributed by atoms with Crippen LogP contribution in [0.5, 0.6) is 0 Å². The van der Waals surface area contributed by atoms with Crippen LogP contribution in [0.15, 0.2) is 0 Å². The lowest BCUT2D eigenvalue weighted by atomic mass is 9.45. The van der Waals surface area contributed by atoms with E-state index in [4.69, 9.17) is 0 Å². The molecular formula is C46H78. The van der Waals surface area contributed by atoms with Crippen LogP contribution < -0.4 is 0 Å². The number of hydrogen-bond donors (Lipinski definition) is 0. The molecule has 15 unspecified atom stereocenters. The van der Waals surface area contributed by atoms with Crippen molar-refractivity contribution < 1.29 is 0 Å². The fraction of sp³-hybridized carbons (Fsp3) is 1.00. The first-order valence-electron chi connectivity index (χ1n) is 22.2. The summed E-state index contributed by atoms with van der Waals surface area (Å²) < 4.78 is 0. The van der Waals surface area contributed by atoms with Crippen molar-refractivity contribution in [2.75, 3.05) is 0 Å². The number of fused-ring (bicyclic) bond motifs is 11. The Labute approximate surface area is 287 Å². The van der Waals surface area contributed by atoms with Gasteiger partial charge in [0.15, 0.2) is 0 Å². The molecule has 8 fully saturated rings. The van der Waals surface area contributed by atoms with Gasteiger partial charge in [0.05, 0.1) is 0 Å². The summed E-state index contributed by atoms with van der Waals surface area (Å²) in [5.41, 5.74) is 1.71. The minimum atomic E-state index is 0.530. The summed E-state index contributed by atoms with van der Waals surface area (Å²) in [5.74, 6) is 16.0. The van der Waals surface area contributed by atoms with E-state index in [9.17, 15) is 0 Å². The summed E-state index contributed by atoms with van der Waals surface area (Å²) in [5, 5.41) is 0. The van der Waals surface area contributed by atoms with Crippen LogP contribution in [0.2, 0.25) is 0 Å². The van der Waals surface area contributed by atoms with Gasteiger partial charge in [-0.1, -0.05) is 126 Å². The first-order chi connectivity index (χ1) is 22.2. The van der Waals surface area contributed by atoms with Gasteiger partial charge in [0.2, 0.25) is 0 Å². The first-order valence-corrected chi connectivity index (χ1v) is 22.2.